The minimum absolute atomic E-state index is 0.0764. The van der Waals surface area contributed by atoms with Gasteiger partial charge in [-0.1, -0.05) is 6.07 Å². The number of thiophene rings is 1. The Bertz CT molecular complexity index is 636. The number of carbonyl (C=O) groups excluding carboxylic acids is 1. The first-order chi connectivity index (χ1) is 11.2. The van der Waals surface area contributed by atoms with Crippen molar-refractivity contribution >= 4 is 34.5 Å². The summed E-state index contributed by atoms with van der Waals surface area (Å²) < 4.78 is 0. The number of nitrogens with one attached hydrogen (secondary N) is 3. The van der Waals surface area contributed by atoms with Gasteiger partial charge in [-0.3, -0.25) is 9.79 Å². The number of hydrogen-bond acceptors (Lipinski definition) is 5. The highest BCUT2D eigenvalue weighted by Gasteiger charge is 2.10. The maximum Gasteiger partial charge on any atom is 0.263 e. The van der Waals surface area contributed by atoms with Gasteiger partial charge in [-0.15, -0.1) is 22.7 Å². The molecule has 0 atom stereocenters. The van der Waals surface area contributed by atoms with E-state index in [0.717, 1.165) is 24.6 Å². The number of amides is 1. The third-order valence-electron chi connectivity index (χ3n) is 3.12. The van der Waals surface area contributed by atoms with Crippen molar-refractivity contribution < 1.29 is 4.79 Å². The van der Waals surface area contributed by atoms with Gasteiger partial charge in [0.05, 0.1) is 11.2 Å². The number of aromatic nitrogens is 1. The van der Waals surface area contributed by atoms with E-state index in [9.17, 15) is 4.79 Å². The normalized spacial score (nSPS) is 11.3. The fourth-order valence-electron chi connectivity index (χ4n) is 1.94. The van der Waals surface area contributed by atoms with Crippen molar-refractivity contribution in [3.05, 3.63) is 38.5 Å². The molecule has 2 aromatic heterocycles. The molecule has 2 aromatic rings. The third kappa shape index (κ3) is 5.65. The first kappa shape index (κ1) is 17.4. The summed E-state index contributed by atoms with van der Waals surface area (Å²) in [4.78, 5) is 22.2. The van der Waals surface area contributed by atoms with Gasteiger partial charge in [0.25, 0.3) is 5.91 Å². The van der Waals surface area contributed by atoms with Crippen molar-refractivity contribution in [2.45, 2.75) is 13.3 Å². The summed E-state index contributed by atoms with van der Waals surface area (Å²) in [7, 11) is 1.74. The molecule has 0 bridgehead atoms. The number of hydrogen-bond donors (Lipinski definition) is 3. The third-order valence-corrected chi connectivity index (χ3v) is 4.99. The highest BCUT2D eigenvalue weighted by Crippen LogP contribution is 2.11. The summed E-state index contributed by atoms with van der Waals surface area (Å²) in [5.74, 6) is 0.664. The van der Waals surface area contributed by atoms with Gasteiger partial charge in [-0.05, 0) is 24.8 Å². The van der Waals surface area contributed by atoms with E-state index < -0.39 is 0 Å². The number of guanidine groups is 1. The molecule has 1 amide bonds. The van der Waals surface area contributed by atoms with Gasteiger partial charge < -0.3 is 16.0 Å². The van der Waals surface area contributed by atoms with Crippen LogP contribution in [0.1, 0.15) is 20.2 Å². The van der Waals surface area contributed by atoms with E-state index in [1.54, 1.807) is 23.9 Å². The summed E-state index contributed by atoms with van der Waals surface area (Å²) >= 11 is 3.11. The number of aryl methyl sites for hydroxylation is 1. The average Bonchev–Trinajstić information content (AvgIpc) is 3.21. The Balaban J connectivity index is 1.62. The predicted molar refractivity (Wildman–Crippen MR) is 96.6 cm³/mol. The molecule has 0 unspecified atom stereocenters. The van der Waals surface area contributed by atoms with Crippen LogP contribution in [0.15, 0.2) is 28.0 Å². The maximum atomic E-state index is 11.9. The van der Waals surface area contributed by atoms with Gasteiger partial charge in [0.15, 0.2) is 5.96 Å². The molecule has 0 spiro atoms. The van der Waals surface area contributed by atoms with Crippen LogP contribution in [-0.2, 0) is 6.42 Å². The predicted octanol–water partition coefficient (Wildman–Crippen LogP) is 1.65. The number of rotatable bonds is 7. The van der Waals surface area contributed by atoms with E-state index >= 15 is 0 Å². The maximum absolute atomic E-state index is 11.9. The molecular weight excluding hydrogens is 330 g/mol. The van der Waals surface area contributed by atoms with Gasteiger partial charge in [0, 0.05) is 31.6 Å². The first-order valence-corrected chi connectivity index (χ1v) is 9.12. The Morgan fingerprint density at radius 2 is 2.00 bits per heavy atom. The molecule has 0 saturated carbocycles. The van der Waals surface area contributed by atoms with Crippen molar-refractivity contribution in [2.24, 2.45) is 4.99 Å². The summed E-state index contributed by atoms with van der Waals surface area (Å²) in [6.45, 7) is 3.81. The van der Waals surface area contributed by atoms with Crippen LogP contribution in [-0.4, -0.2) is 43.5 Å². The van der Waals surface area contributed by atoms with Gasteiger partial charge in [-0.2, -0.15) is 0 Å². The molecule has 0 aliphatic rings. The number of carbonyl (C=O) groups is 1. The Kier molecular flexibility index (Phi) is 7.02. The molecule has 0 aliphatic carbocycles. The minimum atomic E-state index is -0.0764. The lowest BCUT2D eigenvalue weighted by atomic mass is 10.3. The Hall–Kier alpha value is -1.93. The second kappa shape index (κ2) is 9.26. The lowest BCUT2D eigenvalue weighted by molar-refractivity contribution is 0.0957. The minimum Gasteiger partial charge on any atom is -0.356 e. The summed E-state index contributed by atoms with van der Waals surface area (Å²) in [5, 5.41) is 11.4. The monoisotopic (exact) mass is 351 g/mol. The SMILES string of the molecule is CN=C(NCCNC(=O)c1scnc1C)NCCc1cccs1. The molecule has 8 heteroatoms. The van der Waals surface area contributed by atoms with Crippen LogP contribution >= 0.6 is 22.7 Å². The van der Waals surface area contributed by atoms with Gasteiger partial charge in [0.2, 0.25) is 0 Å². The Morgan fingerprint density at radius 3 is 2.65 bits per heavy atom. The summed E-state index contributed by atoms with van der Waals surface area (Å²) in [6, 6.07) is 4.18. The number of aliphatic imine (C=N–C) groups is 1. The second-order valence-corrected chi connectivity index (χ2v) is 6.66. The lowest BCUT2D eigenvalue weighted by Crippen LogP contribution is -2.42. The molecule has 124 valence electrons. The van der Waals surface area contributed by atoms with Crippen LogP contribution in [0, 0.1) is 6.92 Å². The van der Waals surface area contributed by atoms with E-state index in [-0.39, 0.29) is 5.91 Å². The Labute approximate surface area is 144 Å². The van der Waals surface area contributed by atoms with Gasteiger partial charge in [0.1, 0.15) is 4.88 Å². The van der Waals surface area contributed by atoms with Crippen LogP contribution in [0.25, 0.3) is 0 Å². The molecule has 0 aromatic carbocycles. The molecule has 0 aliphatic heterocycles. The summed E-state index contributed by atoms with van der Waals surface area (Å²) in [5.41, 5.74) is 2.45. The Morgan fingerprint density at radius 1 is 1.22 bits per heavy atom. The van der Waals surface area contributed by atoms with Crippen LogP contribution < -0.4 is 16.0 Å². The lowest BCUT2D eigenvalue weighted by Gasteiger charge is -2.11. The van der Waals surface area contributed by atoms with Crippen LogP contribution in [0.2, 0.25) is 0 Å². The van der Waals surface area contributed by atoms with E-state index in [2.05, 4.69) is 43.4 Å². The van der Waals surface area contributed by atoms with E-state index in [4.69, 9.17) is 0 Å². The molecule has 0 radical (unpaired) electrons. The van der Waals surface area contributed by atoms with Crippen molar-refractivity contribution in [1.82, 2.24) is 20.9 Å². The second-order valence-electron chi connectivity index (χ2n) is 4.78. The highest BCUT2D eigenvalue weighted by atomic mass is 32.1. The molecule has 2 rings (SSSR count). The zero-order chi connectivity index (χ0) is 16.5. The van der Waals surface area contributed by atoms with Gasteiger partial charge >= 0.3 is 0 Å². The highest BCUT2D eigenvalue weighted by molar-refractivity contribution is 7.11. The number of nitrogens with zero attached hydrogens (tertiary/aromatic N) is 2. The van der Waals surface area contributed by atoms with E-state index in [0.29, 0.717) is 18.0 Å². The first-order valence-electron chi connectivity index (χ1n) is 7.36. The number of thiazole rings is 1. The fourth-order valence-corrected chi connectivity index (χ4v) is 3.36. The van der Waals surface area contributed by atoms with Crippen molar-refractivity contribution in [3.63, 3.8) is 0 Å². The summed E-state index contributed by atoms with van der Waals surface area (Å²) in [6.07, 6.45) is 0.972. The fraction of sp³-hybridized carbons (Fsp3) is 0.400. The topological polar surface area (TPSA) is 78.4 Å². The molecule has 3 N–H and O–H groups in total. The molecular formula is C15H21N5OS2. The zero-order valence-electron chi connectivity index (χ0n) is 13.3. The molecule has 23 heavy (non-hydrogen) atoms. The van der Waals surface area contributed by atoms with Crippen molar-refractivity contribution in [2.75, 3.05) is 26.7 Å². The standard InChI is InChI=1S/C15H21N5OS2/c1-11-13(23-10-20-11)14(21)17-7-8-19-15(16-2)18-6-5-12-4-3-9-22-12/h3-4,9-10H,5-8H2,1-2H3,(H,17,21)(H2,16,18,19). The largest absolute Gasteiger partial charge is 0.356 e. The quantitative estimate of drug-likeness (QED) is 0.403. The van der Waals surface area contributed by atoms with Crippen LogP contribution in [0.5, 0.6) is 0 Å². The molecule has 2 heterocycles. The smallest absolute Gasteiger partial charge is 0.263 e. The molecule has 0 saturated heterocycles. The van der Waals surface area contributed by atoms with E-state index in [1.807, 2.05) is 6.92 Å². The average molecular weight is 352 g/mol. The van der Waals surface area contributed by atoms with Gasteiger partial charge in [-0.25, -0.2) is 4.98 Å². The van der Waals surface area contributed by atoms with Crippen molar-refractivity contribution in [3.8, 4) is 0 Å². The molecule has 0 fully saturated rings. The van der Waals surface area contributed by atoms with E-state index in [1.165, 1.54) is 16.2 Å². The van der Waals surface area contributed by atoms with Crippen LogP contribution in [0.3, 0.4) is 0 Å². The van der Waals surface area contributed by atoms with Crippen molar-refractivity contribution in [1.29, 1.82) is 0 Å². The zero-order valence-corrected chi connectivity index (χ0v) is 14.9. The van der Waals surface area contributed by atoms with Crippen LogP contribution in [0.4, 0.5) is 0 Å². The molecule has 6 nitrogen and oxygen atoms in total.